The average molecular weight is 330 g/mol. The summed E-state index contributed by atoms with van der Waals surface area (Å²) in [6, 6.07) is 11.8. The Hall–Kier alpha value is -3.22. The van der Waals surface area contributed by atoms with E-state index in [4.69, 9.17) is 4.74 Å². The number of rotatable bonds is 6. The normalized spacial score (nSPS) is 10.4. The molecule has 0 heterocycles. The first-order valence-corrected chi connectivity index (χ1v) is 6.97. The van der Waals surface area contributed by atoms with Gasteiger partial charge in [-0.2, -0.15) is 5.10 Å². The molecule has 2 rings (SSSR count). The van der Waals surface area contributed by atoms with Gasteiger partial charge in [-0.15, -0.1) is 0 Å². The van der Waals surface area contributed by atoms with Crippen molar-refractivity contribution in [2.75, 3.05) is 13.7 Å². The number of ether oxygens (including phenoxy) is 2. The van der Waals surface area contributed by atoms with Crippen molar-refractivity contribution >= 4 is 18.1 Å². The van der Waals surface area contributed by atoms with E-state index in [9.17, 15) is 14.0 Å². The van der Waals surface area contributed by atoms with E-state index in [1.807, 2.05) is 0 Å². The minimum Gasteiger partial charge on any atom is -0.484 e. The van der Waals surface area contributed by atoms with E-state index in [1.165, 1.54) is 37.6 Å². The van der Waals surface area contributed by atoms with Crippen molar-refractivity contribution in [2.24, 2.45) is 5.10 Å². The first-order chi connectivity index (χ1) is 11.6. The molecule has 0 bridgehead atoms. The molecule has 0 aromatic heterocycles. The molecule has 0 fully saturated rings. The maximum absolute atomic E-state index is 12.7. The van der Waals surface area contributed by atoms with Gasteiger partial charge in [0.2, 0.25) is 0 Å². The average Bonchev–Trinajstić information content (AvgIpc) is 2.61. The van der Waals surface area contributed by atoms with Gasteiger partial charge in [0, 0.05) is 0 Å². The maximum atomic E-state index is 12.7. The summed E-state index contributed by atoms with van der Waals surface area (Å²) < 4.78 is 22.5. The topological polar surface area (TPSA) is 77.0 Å². The number of nitrogens with one attached hydrogen (secondary N) is 1. The highest BCUT2D eigenvalue weighted by atomic mass is 19.1. The fourth-order valence-corrected chi connectivity index (χ4v) is 1.71. The Bertz CT molecular complexity index is 727. The summed E-state index contributed by atoms with van der Waals surface area (Å²) in [5.74, 6) is -0.880. The first-order valence-electron chi connectivity index (χ1n) is 6.97. The number of methoxy groups -OCH3 is 1. The predicted octanol–water partition coefficient (Wildman–Crippen LogP) is 2.14. The van der Waals surface area contributed by atoms with Crippen LogP contribution in [0.3, 0.4) is 0 Å². The lowest BCUT2D eigenvalue weighted by atomic mass is 10.1. The minimum absolute atomic E-state index is 0.246. The molecule has 0 spiro atoms. The number of esters is 1. The van der Waals surface area contributed by atoms with E-state index in [0.29, 0.717) is 16.9 Å². The van der Waals surface area contributed by atoms with Crippen molar-refractivity contribution in [3.8, 4) is 5.75 Å². The van der Waals surface area contributed by atoms with Gasteiger partial charge in [-0.05, 0) is 42.0 Å². The minimum atomic E-state index is -0.457. The summed E-state index contributed by atoms with van der Waals surface area (Å²) in [6.07, 6.45) is 1.43. The number of hydrogen-bond donors (Lipinski definition) is 1. The second-order valence-corrected chi connectivity index (χ2v) is 4.65. The Morgan fingerprint density at radius 1 is 1.12 bits per heavy atom. The molecule has 6 nitrogen and oxygen atoms in total. The second kappa shape index (κ2) is 8.42. The summed E-state index contributed by atoms with van der Waals surface area (Å²) in [4.78, 5) is 22.9. The Kier molecular flexibility index (Phi) is 6.01. The van der Waals surface area contributed by atoms with Gasteiger partial charge in [0.1, 0.15) is 11.6 Å². The molecular weight excluding hydrogens is 315 g/mol. The number of halogens is 1. The van der Waals surface area contributed by atoms with Crippen molar-refractivity contribution in [1.29, 1.82) is 0 Å². The molecule has 2 aromatic carbocycles. The van der Waals surface area contributed by atoms with Gasteiger partial charge in [-0.1, -0.05) is 12.1 Å². The summed E-state index contributed by atoms with van der Waals surface area (Å²) in [6.45, 7) is -0.246. The summed E-state index contributed by atoms with van der Waals surface area (Å²) in [5, 5.41) is 3.78. The lowest BCUT2D eigenvalue weighted by Gasteiger charge is -2.04. The van der Waals surface area contributed by atoms with Gasteiger partial charge in [-0.25, -0.2) is 14.6 Å². The Morgan fingerprint density at radius 3 is 2.42 bits per heavy atom. The number of nitrogens with zero attached hydrogens (tertiary/aromatic N) is 1. The van der Waals surface area contributed by atoms with E-state index in [-0.39, 0.29) is 12.4 Å². The highest BCUT2D eigenvalue weighted by Crippen LogP contribution is 2.10. The zero-order valence-corrected chi connectivity index (χ0v) is 12.9. The van der Waals surface area contributed by atoms with Crippen molar-refractivity contribution < 1.29 is 23.5 Å². The van der Waals surface area contributed by atoms with Crippen molar-refractivity contribution in [3.05, 3.63) is 65.5 Å². The van der Waals surface area contributed by atoms with Crippen molar-refractivity contribution in [2.45, 2.75) is 0 Å². The monoisotopic (exact) mass is 330 g/mol. The number of benzene rings is 2. The van der Waals surface area contributed by atoms with E-state index in [1.54, 1.807) is 24.3 Å². The van der Waals surface area contributed by atoms with Gasteiger partial charge in [-0.3, -0.25) is 4.79 Å². The van der Waals surface area contributed by atoms with Gasteiger partial charge in [0.05, 0.1) is 18.9 Å². The Morgan fingerprint density at radius 2 is 1.79 bits per heavy atom. The standard InChI is InChI=1S/C17H15FN2O4/c1-23-17(22)13-4-2-12(3-5-13)10-19-20-16(21)11-24-15-8-6-14(18)7-9-15/h2-10H,11H2,1H3,(H,20,21)/b19-10+. The molecule has 7 heteroatoms. The largest absolute Gasteiger partial charge is 0.484 e. The third kappa shape index (κ3) is 5.20. The number of hydrogen-bond acceptors (Lipinski definition) is 5. The molecule has 0 saturated heterocycles. The van der Waals surface area contributed by atoms with Crippen LogP contribution in [0.1, 0.15) is 15.9 Å². The maximum Gasteiger partial charge on any atom is 0.337 e. The Balaban J connectivity index is 1.79. The first kappa shape index (κ1) is 17.1. The van der Waals surface area contributed by atoms with E-state index < -0.39 is 11.9 Å². The molecule has 0 aliphatic carbocycles. The van der Waals surface area contributed by atoms with Gasteiger partial charge < -0.3 is 9.47 Å². The van der Waals surface area contributed by atoms with Crippen LogP contribution in [0.2, 0.25) is 0 Å². The van der Waals surface area contributed by atoms with Crippen molar-refractivity contribution in [1.82, 2.24) is 5.43 Å². The summed E-state index contributed by atoms with van der Waals surface area (Å²) in [7, 11) is 1.31. The number of hydrazone groups is 1. The Labute approximate surface area is 137 Å². The summed E-state index contributed by atoms with van der Waals surface area (Å²) in [5.41, 5.74) is 3.42. The van der Waals surface area contributed by atoms with Gasteiger partial charge in [0.15, 0.2) is 6.61 Å². The van der Waals surface area contributed by atoms with Gasteiger partial charge >= 0.3 is 5.97 Å². The highest BCUT2D eigenvalue weighted by Gasteiger charge is 2.04. The fourth-order valence-electron chi connectivity index (χ4n) is 1.71. The van der Waals surface area contributed by atoms with Crippen LogP contribution in [0.15, 0.2) is 53.6 Å². The number of amides is 1. The second-order valence-electron chi connectivity index (χ2n) is 4.65. The quantitative estimate of drug-likeness (QED) is 0.500. The van der Waals surface area contributed by atoms with Crippen LogP contribution in [0.25, 0.3) is 0 Å². The zero-order chi connectivity index (χ0) is 17.4. The molecule has 0 atom stereocenters. The van der Waals surface area contributed by atoms with Crippen LogP contribution in [-0.4, -0.2) is 31.8 Å². The lowest BCUT2D eigenvalue weighted by molar-refractivity contribution is -0.123. The van der Waals surface area contributed by atoms with Crippen molar-refractivity contribution in [3.63, 3.8) is 0 Å². The molecular formula is C17H15FN2O4. The molecule has 0 radical (unpaired) electrons. The highest BCUT2D eigenvalue weighted by molar-refractivity contribution is 5.90. The molecule has 0 aliphatic heterocycles. The van der Waals surface area contributed by atoms with E-state index in [0.717, 1.165) is 0 Å². The third-order valence-corrected chi connectivity index (χ3v) is 2.92. The molecule has 0 unspecified atom stereocenters. The van der Waals surface area contributed by atoms with Crippen LogP contribution < -0.4 is 10.2 Å². The van der Waals surface area contributed by atoms with Crippen LogP contribution in [-0.2, 0) is 9.53 Å². The molecule has 1 N–H and O–H groups in total. The van der Waals surface area contributed by atoms with Gasteiger partial charge in [0.25, 0.3) is 5.91 Å². The molecule has 1 amide bonds. The zero-order valence-electron chi connectivity index (χ0n) is 12.9. The van der Waals surface area contributed by atoms with E-state index in [2.05, 4.69) is 15.3 Å². The fraction of sp³-hybridized carbons (Fsp3) is 0.118. The van der Waals surface area contributed by atoms with E-state index >= 15 is 0 Å². The van der Waals surface area contributed by atoms with Crippen LogP contribution in [0, 0.1) is 5.82 Å². The molecule has 0 saturated carbocycles. The lowest BCUT2D eigenvalue weighted by Crippen LogP contribution is -2.24. The SMILES string of the molecule is COC(=O)c1ccc(/C=N/NC(=O)COc2ccc(F)cc2)cc1. The molecule has 124 valence electrons. The molecule has 24 heavy (non-hydrogen) atoms. The number of carbonyl (C=O) groups excluding carboxylic acids is 2. The smallest absolute Gasteiger partial charge is 0.337 e. The number of carbonyl (C=O) groups is 2. The van der Waals surface area contributed by atoms with Crippen LogP contribution in [0.5, 0.6) is 5.75 Å². The predicted molar refractivity (Wildman–Crippen MR) is 85.4 cm³/mol. The molecule has 2 aromatic rings. The van der Waals surface area contributed by atoms with Crippen LogP contribution >= 0.6 is 0 Å². The third-order valence-electron chi connectivity index (χ3n) is 2.92. The molecule has 0 aliphatic rings. The summed E-state index contributed by atoms with van der Waals surface area (Å²) >= 11 is 0. The van der Waals surface area contributed by atoms with Crippen LogP contribution in [0.4, 0.5) is 4.39 Å².